The molecule has 1 aliphatic rings. The van der Waals surface area contributed by atoms with Crippen LogP contribution in [0.5, 0.6) is 5.75 Å². The second-order valence-corrected chi connectivity index (χ2v) is 7.07. The van der Waals surface area contributed by atoms with Gasteiger partial charge >= 0.3 is 0 Å². The van der Waals surface area contributed by atoms with E-state index in [0.717, 1.165) is 29.7 Å². The van der Waals surface area contributed by atoms with Crippen LogP contribution in [0.3, 0.4) is 0 Å². The van der Waals surface area contributed by atoms with E-state index in [4.69, 9.17) is 4.74 Å². The molecule has 0 saturated carbocycles. The lowest BCUT2D eigenvalue weighted by Gasteiger charge is -2.33. The van der Waals surface area contributed by atoms with Crippen molar-refractivity contribution >= 4 is 17.3 Å². The fourth-order valence-corrected chi connectivity index (χ4v) is 3.53. The number of aryl methyl sites for hydroxylation is 1. The summed E-state index contributed by atoms with van der Waals surface area (Å²) in [4.78, 5) is 25.4. The standard InChI is InChI=1S/C21H25N3O4/c1-15-7-8-18(19(13-15)24(26)27)22-17-9-11-23(12-10-17)21(25)14-16-5-3-4-6-20(16)28-2/h3-8,13,17,22H,9-12,14H2,1-2H3. The summed E-state index contributed by atoms with van der Waals surface area (Å²) in [5.74, 6) is 0.795. The molecule has 3 rings (SSSR count). The minimum absolute atomic E-state index is 0.0734. The van der Waals surface area contributed by atoms with Gasteiger partial charge in [0.05, 0.1) is 18.5 Å². The number of amides is 1. The van der Waals surface area contributed by atoms with Crippen molar-refractivity contribution < 1.29 is 14.5 Å². The van der Waals surface area contributed by atoms with E-state index in [1.165, 1.54) is 0 Å². The van der Waals surface area contributed by atoms with E-state index in [-0.39, 0.29) is 22.6 Å². The fraction of sp³-hybridized carbons (Fsp3) is 0.381. The van der Waals surface area contributed by atoms with Gasteiger partial charge in [-0.05, 0) is 37.5 Å². The molecule has 148 valence electrons. The number of carbonyl (C=O) groups excluding carboxylic acids is 1. The molecule has 1 heterocycles. The number of ether oxygens (including phenoxy) is 1. The van der Waals surface area contributed by atoms with Crippen molar-refractivity contribution in [3.05, 3.63) is 63.7 Å². The molecule has 1 N–H and O–H groups in total. The second-order valence-electron chi connectivity index (χ2n) is 7.07. The van der Waals surface area contributed by atoms with Crippen LogP contribution >= 0.6 is 0 Å². The van der Waals surface area contributed by atoms with Gasteiger partial charge in [-0.25, -0.2) is 0 Å². The van der Waals surface area contributed by atoms with Crippen molar-refractivity contribution in [3.63, 3.8) is 0 Å². The number of hydrogen-bond acceptors (Lipinski definition) is 5. The zero-order chi connectivity index (χ0) is 20.1. The van der Waals surface area contributed by atoms with Crippen LogP contribution in [0.25, 0.3) is 0 Å². The molecule has 28 heavy (non-hydrogen) atoms. The van der Waals surface area contributed by atoms with Crippen LogP contribution in [-0.4, -0.2) is 42.0 Å². The van der Waals surface area contributed by atoms with Crippen molar-refractivity contribution in [2.75, 3.05) is 25.5 Å². The van der Waals surface area contributed by atoms with Gasteiger partial charge in [0.2, 0.25) is 5.91 Å². The summed E-state index contributed by atoms with van der Waals surface area (Å²) >= 11 is 0. The van der Waals surface area contributed by atoms with Crippen molar-refractivity contribution in [1.29, 1.82) is 0 Å². The minimum Gasteiger partial charge on any atom is -0.496 e. The molecule has 0 atom stereocenters. The number of nitro benzene ring substituents is 1. The Morgan fingerprint density at radius 3 is 2.64 bits per heavy atom. The number of nitrogens with zero attached hydrogens (tertiary/aromatic N) is 2. The first kappa shape index (κ1) is 19.7. The largest absolute Gasteiger partial charge is 0.496 e. The van der Waals surface area contributed by atoms with Gasteiger partial charge in [-0.1, -0.05) is 24.3 Å². The topological polar surface area (TPSA) is 84.7 Å². The Bertz CT molecular complexity index is 860. The van der Waals surface area contributed by atoms with Crippen molar-refractivity contribution in [2.24, 2.45) is 0 Å². The number of nitrogens with one attached hydrogen (secondary N) is 1. The summed E-state index contributed by atoms with van der Waals surface area (Å²) in [6.45, 7) is 3.10. The lowest BCUT2D eigenvalue weighted by Crippen LogP contribution is -2.43. The average Bonchev–Trinajstić information content (AvgIpc) is 2.70. The Labute approximate surface area is 164 Å². The molecule has 0 radical (unpaired) electrons. The molecule has 0 bridgehead atoms. The molecule has 7 nitrogen and oxygen atoms in total. The number of para-hydroxylation sites is 1. The third-order valence-electron chi connectivity index (χ3n) is 5.09. The molecule has 2 aromatic carbocycles. The maximum atomic E-state index is 12.6. The Balaban J connectivity index is 1.57. The summed E-state index contributed by atoms with van der Waals surface area (Å²) < 4.78 is 5.32. The molecule has 7 heteroatoms. The van der Waals surface area contributed by atoms with E-state index in [1.54, 1.807) is 19.2 Å². The number of hydrogen-bond donors (Lipinski definition) is 1. The Hall–Kier alpha value is -3.09. The van der Waals surface area contributed by atoms with Crippen molar-refractivity contribution in [2.45, 2.75) is 32.2 Å². The van der Waals surface area contributed by atoms with E-state index in [1.807, 2.05) is 42.2 Å². The molecule has 0 aromatic heterocycles. The minimum atomic E-state index is -0.360. The fourth-order valence-electron chi connectivity index (χ4n) is 3.53. The number of methoxy groups -OCH3 is 1. The molecule has 0 unspecified atom stereocenters. The predicted octanol–water partition coefficient (Wildman–Crippen LogP) is 3.56. The number of benzene rings is 2. The lowest BCUT2D eigenvalue weighted by atomic mass is 10.0. The van der Waals surface area contributed by atoms with E-state index >= 15 is 0 Å². The van der Waals surface area contributed by atoms with Crippen LogP contribution in [0.1, 0.15) is 24.0 Å². The van der Waals surface area contributed by atoms with Crippen LogP contribution in [0.15, 0.2) is 42.5 Å². The van der Waals surface area contributed by atoms with E-state index in [0.29, 0.717) is 25.2 Å². The van der Waals surface area contributed by atoms with Gasteiger partial charge in [-0.15, -0.1) is 0 Å². The molecule has 0 aliphatic carbocycles. The number of carbonyl (C=O) groups is 1. The smallest absolute Gasteiger partial charge is 0.292 e. The highest BCUT2D eigenvalue weighted by Crippen LogP contribution is 2.28. The van der Waals surface area contributed by atoms with Crippen LogP contribution in [-0.2, 0) is 11.2 Å². The quantitative estimate of drug-likeness (QED) is 0.609. The zero-order valence-electron chi connectivity index (χ0n) is 16.2. The SMILES string of the molecule is COc1ccccc1CC(=O)N1CCC(Nc2ccc(C)cc2[N+](=O)[O-])CC1. The predicted molar refractivity (Wildman–Crippen MR) is 108 cm³/mol. The van der Waals surface area contributed by atoms with E-state index < -0.39 is 0 Å². The van der Waals surface area contributed by atoms with Crippen LogP contribution < -0.4 is 10.1 Å². The number of likely N-dealkylation sites (tertiary alicyclic amines) is 1. The molecule has 0 spiro atoms. The first-order chi connectivity index (χ1) is 13.5. The summed E-state index contributed by atoms with van der Waals surface area (Å²) in [6.07, 6.45) is 1.82. The lowest BCUT2D eigenvalue weighted by molar-refractivity contribution is -0.384. The summed E-state index contributed by atoms with van der Waals surface area (Å²) in [7, 11) is 1.60. The maximum absolute atomic E-state index is 12.6. The van der Waals surface area contributed by atoms with Gasteiger partial charge in [0, 0.05) is 30.8 Å². The summed E-state index contributed by atoms with van der Waals surface area (Å²) in [6, 6.07) is 12.8. The Morgan fingerprint density at radius 2 is 1.96 bits per heavy atom. The second kappa shape index (κ2) is 8.73. The third kappa shape index (κ3) is 4.60. The summed E-state index contributed by atoms with van der Waals surface area (Å²) in [5, 5.41) is 14.6. The molecule has 1 amide bonds. The number of rotatable bonds is 6. The number of piperidine rings is 1. The van der Waals surface area contributed by atoms with E-state index in [2.05, 4.69) is 5.32 Å². The highest BCUT2D eigenvalue weighted by Gasteiger charge is 2.25. The highest BCUT2D eigenvalue weighted by molar-refractivity contribution is 5.79. The molecule has 1 fully saturated rings. The van der Waals surface area contributed by atoms with Crippen molar-refractivity contribution in [3.8, 4) is 5.75 Å². The maximum Gasteiger partial charge on any atom is 0.292 e. The van der Waals surface area contributed by atoms with E-state index in [9.17, 15) is 14.9 Å². The Morgan fingerprint density at radius 1 is 1.25 bits per heavy atom. The first-order valence-electron chi connectivity index (χ1n) is 9.39. The van der Waals surface area contributed by atoms with Crippen LogP contribution in [0, 0.1) is 17.0 Å². The highest BCUT2D eigenvalue weighted by atomic mass is 16.6. The molecular weight excluding hydrogens is 358 g/mol. The third-order valence-corrected chi connectivity index (χ3v) is 5.09. The molecule has 1 aliphatic heterocycles. The average molecular weight is 383 g/mol. The van der Waals surface area contributed by atoms with Gasteiger partial charge in [-0.3, -0.25) is 14.9 Å². The molecular formula is C21H25N3O4. The Kier molecular flexibility index (Phi) is 6.13. The first-order valence-corrected chi connectivity index (χ1v) is 9.39. The molecule has 1 saturated heterocycles. The van der Waals surface area contributed by atoms with Gasteiger partial charge in [0.1, 0.15) is 11.4 Å². The van der Waals surface area contributed by atoms with Crippen molar-refractivity contribution in [1.82, 2.24) is 4.90 Å². The number of nitro groups is 1. The zero-order valence-corrected chi connectivity index (χ0v) is 16.2. The van der Waals surface area contributed by atoms with Gasteiger partial charge in [0.25, 0.3) is 5.69 Å². The van der Waals surface area contributed by atoms with Gasteiger partial charge in [0.15, 0.2) is 0 Å². The normalized spacial score (nSPS) is 14.6. The van der Waals surface area contributed by atoms with Crippen LogP contribution in [0.2, 0.25) is 0 Å². The van der Waals surface area contributed by atoms with Gasteiger partial charge in [-0.2, -0.15) is 0 Å². The number of anilines is 1. The van der Waals surface area contributed by atoms with Gasteiger partial charge < -0.3 is 15.0 Å². The monoisotopic (exact) mass is 383 g/mol. The molecule has 2 aromatic rings. The van der Waals surface area contributed by atoms with Crippen LogP contribution in [0.4, 0.5) is 11.4 Å². The summed E-state index contributed by atoms with van der Waals surface area (Å²) in [5.41, 5.74) is 2.36.